The third-order valence-electron chi connectivity index (χ3n) is 3.48. The van der Waals surface area contributed by atoms with E-state index in [4.69, 9.17) is 4.74 Å². The molecule has 24 heavy (non-hydrogen) atoms. The zero-order valence-corrected chi connectivity index (χ0v) is 13.7. The molecule has 0 heterocycles. The monoisotopic (exact) mass is 326 g/mol. The van der Waals surface area contributed by atoms with Crippen LogP contribution in [0, 0.1) is 0 Å². The molecule has 0 radical (unpaired) electrons. The van der Waals surface area contributed by atoms with Gasteiger partial charge in [0.05, 0.1) is 7.11 Å². The summed E-state index contributed by atoms with van der Waals surface area (Å²) in [7, 11) is 1.56. The number of nitrogens with one attached hydrogen (secondary N) is 2. The number of hydrogen-bond donors (Lipinski definition) is 2. The van der Waals surface area contributed by atoms with Gasteiger partial charge in [-0.3, -0.25) is 9.59 Å². The summed E-state index contributed by atoms with van der Waals surface area (Å²) in [6.07, 6.45) is 1.55. The fourth-order valence-corrected chi connectivity index (χ4v) is 2.28. The van der Waals surface area contributed by atoms with Gasteiger partial charge in [-0.1, -0.05) is 36.4 Å². The summed E-state index contributed by atoms with van der Waals surface area (Å²) in [6, 6.07) is 17.1. The van der Waals surface area contributed by atoms with Gasteiger partial charge in [0.15, 0.2) is 0 Å². The van der Waals surface area contributed by atoms with Crippen molar-refractivity contribution in [2.75, 3.05) is 19.0 Å². The van der Waals surface area contributed by atoms with E-state index in [9.17, 15) is 9.59 Å². The highest BCUT2D eigenvalue weighted by atomic mass is 16.5. The van der Waals surface area contributed by atoms with Gasteiger partial charge in [0.25, 0.3) is 0 Å². The molecule has 0 bridgehead atoms. The van der Waals surface area contributed by atoms with Crippen LogP contribution in [0.5, 0.6) is 5.75 Å². The van der Waals surface area contributed by atoms with Gasteiger partial charge in [-0.05, 0) is 30.5 Å². The van der Waals surface area contributed by atoms with Crippen LogP contribution in [-0.2, 0) is 16.0 Å². The van der Waals surface area contributed by atoms with E-state index >= 15 is 0 Å². The van der Waals surface area contributed by atoms with Crippen molar-refractivity contribution in [3.63, 3.8) is 0 Å². The molecule has 2 amide bonds. The Hall–Kier alpha value is -2.82. The topological polar surface area (TPSA) is 67.4 Å². The number of carbonyl (C=O) groups excluding carboxylic acids is 2. The third kappa shape index (κ3) is 6.12. The highest BCUT2D eigenvalue weighted by Gasteiger charge is 2.09. The second-order valence-corrected chi connectivity index (χ2v) is 5.40. The van der Waals surface area contributed by atoms with Gasteiger partial charge < -0.3 is 15.4 Å². The summed E-state index contributed by atoms with van der Waals surface area (Å²) >= 11 is 0. The summed E-state index contributed by atoms with van der Waals surface area (Å²) in [5.41, 5.74) is 1.85. The number of hydrogen-bond acceptors (Lipinski definition) is 3. The van der Waals surface area contributed by atoms with Crippen molar-refractivity contribution >= 4 is 17.5 Å². The number of rotatable bonds is 8. The van der Waals surface area contributed by atoms with Crippen molar-refractivity contribution in [2.24, 2.45) is 0 Å². The number of ether oxygens (including phenoxy) is 1. The Morgan fingerprint density at radius 3 is 2.54 bits per heavy atom. The standard InChI is InChI=1S/C19H22N2O3/c1-24-17-11-5-10-16(13-17)21-19(23)14-18(22)20-12-6-9-15-7-3-2-4-8-15/h2-5,7-8,10-11,13H,6,9,12,14H2,1H3,(H,20,22)(H,21,23). The van der Waals surface area contributed by atoms with Gasteiger partial charge in [0, 0.05) is 18.3 Å². The molecule has 2 N–H and O–H groups in total. The van der Waals surface area contributed by atoms with E-state index < -0.39 is 0 Å². The molecule has 0 atom stereocenters. The average Bonchev–Trinajstić information content (AvgIpc) is 2.59. The zero-order valence-electron chi connectivity index (χ0n) is 13.7. The first-order chi connectivity index (χ1) is 11.7. The van der Waals surface area contributed by atoms with Crippen LogP contribution in [0.4, 0.5) is 5.69 Å². The molecule has 0 aliphatic heterocycles. The minimum atomic E-state index is -0.344. The highest BCUT2D eigenvalue weighted by Crippen LogP contribution is 2.16. The molecule has 2 aromatic rings. The van der Waals surface area contributed by atoms with E-state index in [-0.39, 0.29) is 18.2 Å². The fraction of sp³-hybridized carbons (Fsp3) is 0.263. The molecule has 0 saturated heterocycles. The van der Waals surface area contributed by atoms with Crippen LogP contribution in [0.2, 0.25) is 0 Å². The number of methoxy groups -OCH3 is 1. The lowest BCUT2D eigenvalue weighted by molar-refractivity contribution is -0.126. The summed E-state index contributed by atoms with van der Waals surface area (Å²) < 4.78 is 5.09. The summed E-state index contributed by atoms with van der Waals surface area (Å²) in [5.74, 6) is 0.0328. The molecule has 0 saturated carbocycles. The van der Waals surface area contributed by atoms with E-state index in [1.54, 1.807) is 31.4 Å². The highest BCUT2D eigenvalue weighted by molar-refractivity contribution is 6.03. The molecule has 2 rings (SSSR count). The Morgan fingerprint density at radius 1 is 1.00 bits per heavy atom. The van der Waals surface area contributed by atoms with Crippen LogP contribution in [0.3, 0.4) is 0 Å². The maximum absolute atomic E-state index is 11.9. The van der Waals surface area contributed by atoms with E-state index in [0.717, 1.165) is 12.8 Å². The largest absolute Gasteiger partial charge is 0.497 e. The quantitative estimate of drug-likeness (QED) is 0.579. The van der Waals surface area contributed by atoms with Crippen molar-refractivity contribution in [2.45, 2.75) is 19.3 Å². The van der Waals surface area contributed by atoms with Crippen LogP contribution >= 0.6 is 0 Å². The molecule has 0 aromatic heterocycles. The first-order valence-corrected chi connectivity index (χ1v) is 7.92. The van der Waals surface area contributed by atoms with Crippen molar-refractivity contribution in [3.8, 4) is 5.75 Å². The van der Waals surface area contributed by atoms with Crippen LogP contribution in [-0.4, -0.2) is 25.5 Å². The number of carbonyl (C=O) groups is 2. The van der Waals surface area contributed by atoms with Crippen molar-refractivity contribution in [3.05, 3.63) is 60.2 Å². The SMILES string of the molecule is COc1cccc(NC(=O)CC(=O)NCCCc2ccccc2)c1. The van der Waals surface area contributed by atoms with E-state index in [1.165, 1.54) is 5.56 Å². The van der Waals surface area contributed by atoms with Crippen LogP contribution in [0.15, 0.2) is 54.6 Å². The molecule has 0 spiro atoms. The number of benzene rings is 2. The maximum Gasteiger partial charge on any atom is 0.233 e. The molecule has 0 fully saturated rings. The molecule has 0 unspecified atom stereocenters. The maximum atomic E-state index is 11.9. The van der Waals surface area contributed by atoms with Gasteiger partial charge in [-0.2, -0.15) is 0 Å². The minimum absolute atomic E-state index is 0.192. The van der Waals surface area contributed by atoms with Gasteiger partial charge >= 0.3 is 0 Å². The van der Waals surface area contributed by atoms with Gasteiger partial charge in [0.1, 0.15) is 12.2 Å². The first kappa shape index (κ1) is 17.5. The Kier molecular flexibility index (Phi) is 6.83. The molecule has 126 valence electrons. The third-order valence-corrected chi connectivity index (χ3v) is 3.48. The summed E-state index contributed by atoms with van der Waals surface area (Å²) in [5, 5.41) is 5.45. The molecule has 2 aromatic carbocycles. The number of amides is 2. The fourth-order valence-electron chi connectivity index (χ4n) is 2.28. The Bertz CT molecular complexity index is 671. The molecular weight excluding hydrogens is 304 g/mol. The zero-order chi connectivity index (χ0) is 17.2. The van der Waals surface area contributed by atoms with Crippen molar-refractivity contribution in [1.82, 2.24) is 5.32 Å². The Labute approximate surface area is 142 Å². The average molecular weight is 326 g/mol. The normalized spacial score (nSPS) is 10.0. The second-order valence-electron chi connectivity index (χ2n) is 5.40. The predicted octanol–water partition coefficient (Wildman–Crippen LogP) is 2.77. The van der Waals surface area contributed by atoms with Gasteiger partial charge in [0.2, 0.25) is 11.8 Å². The smallest absolute Gasteiger partial charge is 0.233 e. The van der Waals surface area contributed by atoms with E-state index in [1.807, 2.05) is 18.2 Å². The van der Waals surface area contributed by atoms with E-state index in [0.29, 0.717) is 18.0 Å². The predicted molar refractivity (Wildman–Crippen MR) is 94.0 cm³/mol. The summed E-state index contributed by atoms with van der Waals surface area (Å²) in [4.78, 5) is 23.6. The van der Waals surface area contributed by atoms with Gasteiger partial charge in [-0.25, -0.2) is 0 Å². The lowest BCUT2D eigenvalue weighted by atomic mass is 10.1. The molecule has 0 aliphatic carbocycles. The molecule has 0 aliphatic rings. The minimum Gasteiger partial charge on any atom is -0.497 e. The number of anilines is 1. The Morgan fingerprint density at radius 2 is 1.79 bits per heavy atom. The first-order valence-electron chi connectivity index (χ1n) is 7.92. The van der Waals surface area contributed by atoms with Crippen LogP contribution < -0.4 is 15.4 Å². The van der Waals surface area contributed by atoms with E-state index in [2.05, 4.69) is 22.8 Å². The lowest BCUT2D eigenvalue weighted by Crippen LogP contribution is -2.29. The van der Waals surface area contributed by atoms with Crippen molar-refractivity contribution < 1.29 is 14.3 Å². The molecule has 5 nitrogen and oxygen atoms in total. The molecule has 5 heteroatoms. The summed E-state index contributed by atoms with van der Waals surface area (Å²) in [6.45, 7) is 0.556. The lowest BCUT2D eigenvalue weighted by Gasteiger charge is -2.08. The number of aryl methyl sites for hydroxylation is 1. The second kappa shape index (κ2) is 9.35. The van der Waals surface area contributed by atoms with Gasteiger partial charge in [-0.15, -0.1) is 0 Å². The molecular formula is C19H22N2O3. The Balaban J connectivity index is 1.67. The van der Waals surface area contributed by atoms with Crippen LogP contribution in [0.1, 0.15) is 18.4 Å². The van der Waals surface area contributed by atoms with Crippen molar-refractivity contribution in [1.29, 1.82) is 0 Å². The van der Waals surface area contributed by atoms with Crippen LogP contribution in [0.25, 0.3) is 0 Å².